The van der Waals surface area contributed by atoms with Gasteiger partial charge in [-0.2, -0.15) is 0 Å². The van der Waals surface area contributed by atoms with Crippen molar-refractivity contribution in [3.8, 4) is 0 Å². The van der Waals surface area contributed by atoms with Crippen LogP contribution in [0.3, 0.4) is 0 Å². The maximum Gasteiger partial charge on any atom is 0.334 e. The van der Waals surface area contributed by atoms with Crippen LogP contribution in [-0.4, -0.2) is 81.1 Å². The van der Waals surface area contributed by atoms with Crippen molar-refractivity contribution in [1.29, 1.82) is 0 Å². The fourth-order valence-electron chi connectivity index (χ4n) is 4.70. The van der Waals surface area contributed by atoms with Crippen molar-refractivity contribution in [3.63, 3.8) is 0 Å². The first-order valence-corrected chi connectivity index (χ1v) is 12.6. The summed E-state index contributed by atoms with van der Waals surface area (Å²) in [6.45, 7) is -0.0248. The van der Waals surface area contributed by atoms with Crippen LogP contribution in [-0.2, 0) is 27.5 Å². The van der Waals surface area contributed by atoms with E-state index in [4.69, 9.17) is 23.2 Å². The van der Waals surface area contributed by atoms with E-state index in [1.54, 1.807) is 37.4 Å². The first-order chi connectivity index (χ1) is 18.0. The molecule has 0 saturated carbocycles. The van der Waals surface area contributed by atoms with E-state index in [2.05, 4.69) is 5.32 Å². The SMILES string of the molecule is CN1CC(=O)N2[C@@H](CCC(=O)O)C(=O)N(Cc3ccc(Cl)cc3Cl)C[C@@H]2N1C(=O)NCc1ccc(F)cc1. The van der Waals surface area contributed by atoms with Crippen molar-refractivity contribution in [2.75, 3.05) is 20.1 Å². The van der Waals surface area contributed by atoms with Crippen molar-refractivity contribution < 1.29 is 28.7 Å². The lowest BCUT2D eigenvalue weighted by atomic mass is 10.0. The lowest BCUT2D eigenvalue weighted by molar-refractivity contribution is -0.188. The standard InChI is InChI=1S/C25H26Cl2FN5O5/c1-30-14-22(34)32-20(8-9-23(35)36)24(37)31(12-16-4-5-17(26)10-19(16)27)13-21(32)33(30)25(38)29-11-15-2-6-18(28)7-3-15/h2-7,10,20-21H,8-9,11-14H2,1H3,(H,29,38)(H,35,36)/t20-,21-/m0/s1. The Morgan fingerprint density at radius 1 is 1.13 bits per heavy atom. The predicted octanol–water partition coefficient (Wildman–Crippen LogP) is 2.94. The molecule has 38 heavy (non-hydrogen) atoms. The van der Waals surface area contributed by atoms with E-state index < -0.39 is 41.8 Å². The first-order valence-electron chi connectivity index (χ1n) is 11.8. The highest BCUT2D eigenvalue weighted by Gasteiger charge is 2.50. The quantitative estimate of drug-likeness (QED) is 0.533. The smallest absolute Gasteiger partial charge is 0.334 e. The number of nitrogens with one attached hydrogen (secondary N) is 1. The summed E-state index contributed by atoms with van der Waals surface area (Å²) in [5.74, 6) is -2.33. The lowest BCUT2D eigenvalue weighted by Gasteiger charge is -2.54. The molecular formula is C25H26Cl2FN5O5. The fourth-order valence-corrected chi connectivity index (χ4v) is 5.17. The van der Waals surface area contributed by atoms with Crippen LogP contribution in [0.5, 0.6) is 0 Å². The van der Waals surface area contributed by atoms with E-state index in [0.29, 0.717) is 21.2 Å². The van der Waals surface area contributed by atoms with E-state index in [1.165, 1.54) is 32.0 Å². The van der Waals surface area contributed by atoms with Crippen molar-refractivity contribution >= 4 is 47.0 Å². The number of aliphatic carboxylic acids is 1. The zero-order valence-corrected chi connectivity index (χ0v) is 22.0. The minimum Gasteiger partial charge on any atom is -0.481 e. The van der Waals surface area contributed by atoms with E-state index in [0.717, 1.165) is 0 Å². The normalized spacial score (nSPS) is 19.9. The zero-order valence-electron chi connectivity index (χ0n) is 20.4. The molecule has 2 atom stereocenters. The summed E-state index contributed by atoms with van der Waals surface area (Å²) in [5, 5.41) is 15.6. The number of rotatable bonds is 7. The van der Waals surface area contributed by atoms with Gasteiger partial charge in [-0.3, -0.25) is 14.4 Å². The van der Waals surface area contributed by atoms with Gasteiger partial charge in [0, 0.05) is 36.6 Å². The summed E-state index contributed by atoms with van der Waals surface area (Å²) < 4.78 is 13.2. The number of hydrogen-bond acceptors (Lipinski definition) is 5. The molecule has 2 aliphatic rings. The van der Waals surface area contributed by atoms with E-state index in [-0.39, 0.29) is 39.0 Å². The summed E-state index contributed by atoms with van der Waals surface area (Å²) >= 11 is 12.3. The summed E-state index contributed by atoms with van der Waals surface area (Å²) in [4.78, 5) is 54.1. The maximum absolute atomic E-state index is 13.5. The molecule has 4 amide bonds. The van der Waals surface area contributed by atoms with Crippen LogP contribution in [0.15, 0.2) is 42.5 Å². The third-order valence-corrected chi connectivity index (χ3v) is 7.10. The molecule has 202 valence electrons. The third-order valence-electron chi connectivity index (χ3n) is 6.51. The molecule has 0 radical (unpaired) electrons. The highest BCUT2D eigenvalue weighted by molar-refractivity contribution is 6.35. The number of halogens is 3. The van der Waals surface area contributed by atoms with Gasteiger partial charge in [0.05, 0.1) is 13.1 Å². The van der Waals surface area contributed by atoms with Gasteiger partial charge in [-0.05, 0) is 41.8 Å². The number of carboxylic acid groups (broad SMARTS) is 1. The molecule has 2 aromatic carbocycles. The molecule has 2 aromatic rings. The van der Waals surface area contributed by atoms with Gasteiger partial charge in [0.15, 0.2) is 0 Å². The van der Waals surface area contributed by atoms with Gasteiger partial charge in [0.2, 0.25) is 11.8 Å². The number of benzene rings is 2. The van der Waals surface area contributed by atoms with E-state index >= 15 is 0 Å². The summed E-state index contributed by atoms with van der Waals surface area (Å²) in [6.07, 6.45) is -1.34. The number of hydrazine groups is 1. The second kappa shape index (κ2) is 11.5. The topological polar surface area (TPSA) is 114 Å². The monoisotopic (exact) mass is 565 g/mol. The van der Waals surface area contributed by atoms with Crippen molar-refractivity contribution in [1.82, 2.24) is 25.1 Å². The second-order valence-corrected chi connectivity index (χ2v) is 9.97. The molecule has 2 N–H and O–H groups in total. The number of carbonyl (C=O) groups excluding carboxylic acids is 3. The average Bonchev–Trinajstić information content (AvgIpc) is 2.85. The van der Waals surface area contributed by atoms with Gasteiger partial charge in [-0.15, -0.1) is 0 Å². The number of carboxylic acids is 1. The molecule has 0 aromatic heterocycles. The average molecular weight is 566 g/mol. The molecule has 2 heterocycles. The largest absolute Gasteiger partial charge is 0.481 e. The van der Waals surface area contributed by atoms with Crippen LogP contribution in [0.25, 0.3) is 0 Å². The fraction of sp³-hybridized carbons (Fsp3) is 0.360. The number of amides is 4. The summed E-state index contributed by atoms with van der Waals surface area (Å²) in [7, 11) is 1.58. The molecule has 2 aliphatic heterocycles. The predicted molar refractivity (Wildman–Crippen MR) is 136 cm³/mol. The number of hydrogen-bond donors (Lipinski definition) is 2. The molecule has 0 spiro atoms. The first kappa shape index (κ1) is 27.6. The number of carbonyl (C=O) groups is 4. The Kier molecular flexibility index (Phi) is 8.39. The maximum atomic E-state index is 13.5. The summed E-state index contributed by atoms with van der Waals surface area (Å²) in [6, 6.07) is 8.92. The van der Waals surface area contributed by atoms with Crippen LogP contribution < -0.4 is 5.32 Å². The Bertz CT molecular complexity index is 1250. The lowest BCUT2D eigenvalue weighted by Crippen LogP contribution is -2.75. The van der Waals surface area contributed by atoms with Gasteiger partial charge in [-0.1, -0.05) is 41.4 Å². The van der Waals surface area contributed by atoms with E-state index in [9.17, 15) is 28.7 Å². The van der Waals surface area contributed by atoms with Crippen LogP contribution in [0, 0.1) is 5.82 Å². The molecule has 2 fully saturated rings. The second-order valence-electron chi connectivity index (χ2n) is 9.13. The van der Waals surface area contributed by atoms with Crippen LogP contribution in [0.4, 0.5) is 9.18 Å². The van der Waals surface area contributed by atoms with Gasteiger partial charge < -0.3 is 20.2 Å². The van der Waals surface area contributed by atoms with Gasteiger partial charge in [0.1, 0.15) is 18.0 Å². The van der Waals surface area contributed by atoms with Crippen molar-refractivity contribution in [3.05, 3.63) is 69.5 Å². The highest BCUT2D eigenvalue weighted by Crippen LogP contribution is 2.30. The van der Waals surface area contributed by atoms with Crippen molar-refractivity contribution in [2.45, 2.75) is 38.1 Å². The molecule has 0 unspecified atom stereocenters. The highest BCUT2D eigenvalue weighted by atomic mass is 35.5. The Morgan fingerprint density at radius 2 is 1.84 bits per heavy atom. The number of fused-ring (bicyclic) bond motifs is 1. The number of likely N-dealkylation sites (N-methyl/N-ethyl adjacent to an activating group) is 1. The Hall–Kier alpha value is -3.41. The molecular weight excluding hydrogens is 540 g/mol. The van der Waals surface area contributed by atoms with Crippen LogP contribution in [0.2, 0.25) is 10.0 Å². The molecule has 13 heteroatoms. The van der Waals surface area contributed by atoms with Crippen LogP contribution >= 0.6 is 23.2 Å². The number of piperazine rings is 1. The minimum atomic E-state index is -1.11. The molecule has 10 nitrogen and oxygen atoms in total. The Balaban J connectivity index is 1.62. The molecule has 0 aliphatic carbocycles. The minimum absolute atomic E-state index is 0.0264. The Morgan fingerprint density at radius 3 is 2.50 bits per heavy atom. The molecule has 0 bridgehead atoms. The molecule has 2 saturated heterocycles. The number of urea groups is 1. The third kappa shape index (κ3) is 6.01. The zero-order chi connectivity index (χ0) is 27.6. The van der Waals surface area contributed by atoms with Gasteiger partial charge in [-0.25, -0.2) is 19.2 Å². The van der Waals surface area contributed by atoms with Crippen molar-refractivity contribution in [2.24, 2.45) is 0 Å². The van der Waals surface area contributed by atoms with Gasteiger partial charge in [0.25, 0.3) is 0 Å². The van der Waals surface area contributed by atoms with Gasteiger partial charge >= 0.3 is 12.0 Å². The molecule has 4 rings (SSSR count). The van der Waals surface area contributed by atoms with Crippen LogP contribution in [0.1, 0.15) is 24.0 Å². The Labute approximate surface area is 228 Å². The van der Waals surface area contributed by atoms with E-state index in [1.807, 2.05) is 0 Å². The summed E-state index contributed by atoms with van der Waals surface area (Å²) in [5.41, 5.74) is 1.28. The number of nitrogens with zero attached hydrogens (tertiary/aromatic N) is 4.